The molecule has 1 atom stereocenters. The number of carboxylic acid groups (broad SMARTS) is 1. The molecule has 1 unspecified atom stereocenters. The number of aryl methyl sites for hydroxylation is 1. The standard InChI is InChI=1S/C11H14N2O3/c1-7-5-8-9(12-16)3-2-4-10(8)13(7)6-11(14)15/h5,9H,2-4,6H2,1H3,(H,14,15). The highest BCUT2D eigenvalue weighted by Gasteiger charge is 2.25. The highest BCUT2D eigenvalue weighted by Crippen LogP contribution is 2.34. The Bertz CT molecular complexity index is 437. The van der Waals surface area contributed by atoms with Gasteiger partial charge in [-0.15, -0.1) is 0 Å². The van der Waals surface area contributed by atoms with Crippen molar-refractivity contribution in [2.24, 2.45) is 5.18 Å². The Kier molecular flexibility index (Phi) is 2.77. The maximum Gasteiger partial charge on any atom is 0.323 e. The summed E-state index contributed by atoms with van der Waals surface area (Å²) in [4.78, 5) is 21.4. The van der Waals surface area contributed by atoms with Crippen molar-refractivity contribution in [2.45, 2.75) is 38.8 Å². The van der Waals surface area contributed by atoms with E-state index in [2.05, 4.69) is 5.18 Å². The lowest BCUT2D eigenvalue weighted by Gasteiger charge is -2.18. The molecule has 1 N–H and O–H groups in total. The molecular weight excluding hydrogens is 208 g/mol. The van der Waals surface area contributed by atoms with Crippen molar-refractivity contribution in [1.82, 2.24) is 4.57 Å². The van der Waals surface area contributed by atoms with E-state index in [0.29, 0.717) is 0 Å². The average molecular weight is 222 g/mol. The SMILES string of the molecule is Cc1cc2c(n1CC(=O)O)CCCC2N=O. The normalized spacial score (nSPS) is 19.2. The molecule has 0 spiro atoms. The molecule has 0 radical (unpaired) electrons. The van der Waals surface area contributed by atoms with Gasteiger partial charge >= 0.3 is 5.97 Å². The molecule has 0 aromatic carbocycles. The molecule has 16 heavy (non-hydrogen) atoms. The summed E-state index contributed by atoms with van der Waals surface area (Å²) in [6.07, 6.45) is 2.50. The number of nitroso groups, excluding NO2 is 1. The van der Waals surface area contributed by atoms with Gasteiger partial charge in [0, 0.05) is 17.0 Å². The maximum absolute atomic E-state index is 10.7. The van der Waals surface area contributed by atoms with E-state index >= 15 is 0 Å². The van der Waals surface area contributed by atoms with Crippen LogP contribution in [0.1, 0.15) is 35.8 Å². The number of hydrogen-bond donors (Lipinski definition) is 1. The van der Waals surface area contributed by atoms with Gasteiger partial charge in [0.15, 0.2) is 0 Å². The number of nitrogens with zero attached hydrogens (tertiary/aromatic N) is 2. The van der Waals surface area contributed by atoms with Gasteiger partial charge in [-0.1, -0.05) is 5.18 Å². The molecule has 5 heteroatoms. The number of carbonyl (C=O) groups is 1. The van der Waals surface area contributed by atoms with Gasteiger partial charge < -0.3 is 9.67 Å². The number of carboxylic acids is 1. The van der Waals surface area contributed by atoms with Crippen LogP contribution in [0.25, 0.3) is 0 Å². The second-order valence-electron chi connectivity index (χ2n) is 4.18. The molecule has 1 aromatic rings. The summed E-state index contributed by atoms with van der Waals surface area (Å²) in [5, 5.41) is 11.9. The lowest BCUT2D eigenvalue weighted by atomic mass is 9.93. The molecule has 1 aliphatic rings. The summed E-state index contributed by atoms with van der Waals surface area (Å²) in [6.45, 7) is 1.83. The van der Waals surface area contributed by atoms with Gasteiger partial charge in [-0.2, -0.15) is 4.91 Å². The van der Waals surface area contributed by atoms with Crippen LogP contribution in [0, 0.1) is 11.8 Å². The number of aromatic nitrogens is 1. The predicted octanol–water partition coefficient (Wildman–Crippen LogP) is 2.02. The molecule has 0 saturated carbocycles. The summed E-state index contributed by atoms with van der Waals surface area (Å²) >= 11 is 0. The fourth-order valence-corrected chi connectivity index (χ4v) is 2.41. The number of hydrogen-bond acceptors (Lipinski definition) is 3. The van der Waals surface area contributed by atoms with E-state index in [9.17, 15) is 9.70 Å². The highest BCUT2D eigenvalue weighted by molar-refractivity contribution is 5.67. The molecule has 0 aliphatic heterocycles. The van der Waals surface area contributed by atoms with Gasteiger partial charge in [0.1, 0.15) is 12.6 Å². The Morgan fingerprint density at radius 1 is 1.69 bits per heavy atom. The summed E-state index contributed by atoms with van der Waals surface area (Å²) in [7, 11) is 0. The zero-order chi connectivity index (χ0) is 11.7. The van der Waals surface area contributed by atoms with E-state index in [-0.39, 0.29) is 12.6 Å². The first-order valence-corrected chi connectivity index (χ1v) is 5.36. The van der Waals surface area contributed by atoms with Gasteiger partial charge in [-0.3, -0.25) is 4.79 Å². The van der Waals surface area contributed by atoms with E-state index in [1.165, 1.54) is 0 Å². The molecule has 0 fully saturated rings. The fraction of sp³-hybridized carbons (Fsp3) is 0.545. The van der Waals surface area contributed by atoms with Crippen molar-refractivity contribution in [3.8, 4) is 0 Å². The lowest BCUT2D eigenvalue weighted by molar-refractivity contribution is -0.137. The van der Waals surface area contributed by atoms with Gasteiger partial charge in [-0.25, -0.2) is 0 Å². The van der Waals surface area contributed by atoms with Crippen LogP contribution in [-0.2, 0) is 17.8 Å². The van der Waals surface area contributed by atoms with E-state index in [0.717, 1.165) is 36.2 Å². The molecule has 0 bridgehead atoms. The molecular formula is C11H14N2O3. The maximum atomic E-state index is 10.7. The van der Waals surface area contributed by atoms with Crippen LogP contribution < -0.4 is 0 Å². The zero-order valence-corrected chi connectivity index (χ0v) is 9.14. The van der Waals surface area contributed by atoms with Crippen LogP contribution >= 0.6 is 0 Å². The van der Waals surface area contributed by atoms with Crippen molar-refractivity contribution < 1.29 is 9.90 Å². The quantitative estimate of drug-likeness (QED) is 0.795. The summed E-state index contributed by atoms with van der Waals surface area (Å²) in [5.41, 5.74) is 2.78. The monoisotopic (exact) mass is 222 g/mol. The van der Waals surface area contributed by atoms with Gasteiger partial charge in [0.25, 0.3) is 0 Å². The molecule has 1 heterocycles. The molecule has 0 saturated heterocycles. The smallest absolute Gasteiger partial charge is 0.323 e. The van der Waals surface area contributed by atoms with Gasteiger partial charge in [0.05, 0.1) is 0 Å². The van der Waals surface area contributed by atoms with Crippen LogP contribution in [-0.4, -0.2) is 15.6 Å². The minimum absolute atomic E-state index is 0.0350. The molecule has 1 aliphatic carbocycles. The Labute approximate surface area is 93.0 Å². The van der Waals surface area contributed by atoms with Crippen LogP contribution in [0.5, 0.6) is 0 Å². The third kappa shape index (κ3) is 1.73. The number of aliphatic carboxylic acids is 1. The summed E-state index contributed by atoms with van der Waals surface area (Å²) < 4.78 is 1.77. The zero-order valence-electron chi connectivity index (χ0n) is 9.14. The van der Waals surface area contributed by atoms with E-state index in [4.69, 9.17) is 5.11 Å². The second-order valence-corrected chi connectivity index (χ2v) is 4.18. The summed E-state index contributed by atoms with van der Waals surface area (Å²) in [5.74, 6) is -0.859. The first kappa shape index (κ1) is 10.9. The van der Waals surface area contributed by atoms with Crippen molar-refractivity contribution in [3.05, 3.63) is 27.9 Å². The van der Waals surface area contributed by atoms with Crippen molar-refractivity contribution >= 4 is 5.97 Å². The first-order chi connectivity index (χ1) is 7.63. The van der Waals surface area contributed by atoms with Gasteiger partial charge in [-0.05, 0) is 32.3 Å². The first-order valence-electron chi connectivity index (χ1n) is 5.36. The average Bonchev–Trinajstić information content (AvgIpc) is 2.55. The van der Waals surface area contributed by atoms with Crippen LogP contribution in [0.15, 0.2) is 11.2 Å². The van der Waals surface area contributed by atoms with Crippen LogP contribution in [0.3, 0.4) is 0 Å². The lowest BCUT2D eigenvalue weighted by Crippen LogP contribution is -2.16. The molecule has 86 valence electrons. The Morgan fingerprint density at radius 2 is 2.44 bits per heavy atom. The van der Waals surface area contributed by atoms with Crippen LogP contribution in [0.4, 0.5) is 0 Å². The predicted molar refractivity (Wildman–Crippen MR) is 58.3 cm³/mol. The number of rotatable bonds is 3. The van der Waals surface area contributed by atoms with Gasteiger partial charge in [0.2, 0.25) is 0 Å². The largest absolute Gasteiger partial charge is 0.480 e. The molecule has 2 rings (SSSR count). The molecule has 0 amide bonds. The third-order valence-electron chi connectivity index (χ3n) is 3.12. The second kappa shape index (κ2) is 4.08. The molecule has 5 nitrogen and oxygen atoms in total. The Morgan fingerprint density at radius 3 is 3.06 bits per heavy atom. The summed E-state index contributed by atoms with van der Waals surface area (Å²) in [6, 6.07) is 1.60. The number of fused-ring (bicyclic) bond motifs is 1. The van der Waals surface area contributed by atoms with Crippen molar-refractivity contribution in [2.75, 3.05) is 0 Å². The van der Waals surface area contributed by atoms with Crippen molar-refractivity contribution in [1.29, 1.82) is 0 Å². The van der Waals surface area contributed by atoms with E-state index < -0.39 is 5.97 Å². The minimum atomic E-state index is -0.859. The third-order valence-corrected chi connectivity index (χ3v) is 3.12. The topological polar surface area (TPSA) is 71.7 Å². The molecule has 1 aromatic heterocycles. The Balaban J connectivity index is 2.44. The highest BCUT2D eigenvalue weighted by atomic mass is 16.4. The Hall–Kier alpha value is -1.65. The fourth-order valence-electron chi connectivity index (χ4n) is 2.41. The van der Waals surface area contributed by atoms with Crippen molar-refractivity contribution in [3.63, 3.8) is 0 Å². The van der Waals surface area contributed by atoms with E-state index in [1.807, 2.05) is 13.0 Å². The van der Waals surface area contributed by atoms with E-state index in [1.54, 1.807) is 4.57 Å². The van der Waals surface area contributed by atoms with Crippen LogP contribution in [0.2, 0.25) is 0 Å². The minimum Gasteiger partial charge on any atom is -0.480 e.